The molecule has 0 aromatic rings. The van der Waals surface area contributed by atoms with Crippen LogP contribution in [0.2, 0.25) is 0 Å². The molecule has 0 bridgehead atoms. The number of halogens is 1. The largest absolute Gasteiger partial charge is 0.379 e. The van der Waals surface area contributed by atoms with E-state index in [1.54, 1.807) is 7.11 Å². The Labute approximate surface area is 111 Å². The van der Waals surface area contributed by atoms with Gasteiger partial charge in [0.2, 0.25) is 5.91 Å². The van der Waals surface area contributed by atoms with Gasteiger partial charge in [-0.15, -0.1) is 12.4 Å². The Morgan fingerprint density at radius 2 is 1.94 bits per heavy atom. The quantitative estimate of drug-likeness (QED) is 0.739. The highest BCUT2D eigenvalue weighted by Crippen LogP contribution is 2.15. The molecule has 1 amide bonds. The van der Waals surface area contributed by atoms with Crippen molar-refractivity contribution in [3.63, 3.8) is 0 Å². The highest BCUT2D eigenvalue weighted by molar-refractivity contribution is 5.85. The molecule has 17 heavy (non-hydrogen) atoms. The maximum atomic E-state index is 11.5. The average molecular weight is 267 g/mol. The van der Waals surface area contributed by atoms with Gasteiger partial charge >= 0.3 is 0 Å². The van der Waals surface area contributed by atoms with Crippen LogP contribution in [-0.2, 0) is 9.53 Å². The van der Waals surface area contributed by atoms with Gasteiger partial charge in [0, 0.05) is 25.6 Å². The van der Waals surface area contributed by atoms with Gasteiger partial charge in [-0.2, -0.15) is 0 Å². The van der Waals surface area contributed by atoms with E-state index in [-0.39, 0.29) is 36.0 Å². The average Bonchev–Trinajstić information content (AvgIpc) is 2.13. The lowest BCUT2D eigenvalue weighted by atomic mass is 9.99. The lowest BCUT2D eigenvalue weighted by molar-refractivity contribution is -0.122. The van der Waals surface area contributed by atoms with Crippen LogP contribution in [0.5, 0.6) is 0 Å². The second-order valence-corrected chi connectivity index (χ2v) is 5.15. The molecular weight excluding hydrogens is 240 g/mol. The number of hydrogen-bond donors (Lipinski definition) is 2. The van der Waals surface area contributed by atoms with Crippen LogP contribution in [-0.4, -0.2) is 30.7 Å². The zero-order valence-electron chi connectivity index (χ0n) is 11.6. The zero-order chi connectivity index (χ0) is 12.8. The molecule has 0 aromatic heterocycles. The molecular formula is C12H27ClN2O2. The predicted octanol–water partition coefficient (Wildman–Crippen LogP) is 1.86. The first-order valence-corrected chi connectivity index (χ1v) is 5.87. The Hall–Kier alpha value is -0.320. The molecule has 2 unspecified atom stereocenters. The molecule has 0 heterocycles. The summed E-state index contributed by atoms with van der Waals surface area (Å²) in [5.74, 6) is 0.0664. The zero-order valence-corrected chi connectivity index (χ0v) is 12.4. The van der Waals surface area contributed by atoms with E-state index >= 15 is 0 Å². The molecule has 0 saturated carbocycles. The van der Waals surface area contributed by atoms with E-state index in [1.165, 1.54) is 0 Å². The Bertz CT molecular complexity index is 221. The van der Waals surface area contributed by atoms with E-state index < -0.39 is 0 Å². The standard InChI is InChI=1S/C12H26N2O2.ClH/c1-9(13)6-7-11(15)14-10(2)8-12(3,4)16-5;/h9-10H,6-8,13H2,1-5H3,(H,14,15);1H. The second kappa shape index (κ2) is 8.72. The maximum absolute atomic E-state index is 11.5. The van der Waals surface area contributed by atoms with Crippen LogP contribution in [0.3, 0.4) is 0 Å². The van der Waals surface area contributed by atoms with E-state index in [1.807, 2.05) is 27.7 Å². The summed E-state index contributed by atoms with van der Waals surface area (Å²) in [5, 5.41) is 2.95. The molecule has 0 radical (unpaired) electrons. The number of ether oxygens (including phenoxy) is 1. The van der Waals surface area contributed by atoms with Gasteiger partial charge in [-0.25, -0.2) is 0 Å². The lowest BCUT2D eigenvalue weighted by Crippen LogP contribution is -2.39. The van der Waals surface area contributed by atoms with Gasteiger partial charge < -0.3 is 15.8 Å². The first-order valence-electron chi connectivity index (χ1n) is 5.87. The number of carbonyl (C=O) groups is 1. The van der Waals surface area contributed by atoms with Crippen molar-refractivity contribution in [1.29, 1.82) is 0 Å². The number of nitrogens with two attached hydrogens (primary N) is 1. The van der Waals surface area contributed by atoms with Gasteiger partial charge in [0.15, 0.2) is 0 Å². The topological polar surface area (TPSA) is 64.3 Å². The number of rotatable bonds is 7. The van der Waals surface area contributed by atoms with Gasteiger partial charge in [-0.1, -0.05) is 0 Å². The third kappa shape index (κ3) is 10.5. The van der Waals surface area contributed by atoms with Gasteiger partial charge in [-0.05, 0) is 40.5 Å². The summed E-state index contributed by atoms with van der Waals surface area (Å²) in [5.41, 5.74) is 5.39. The lowest BCUT2D eigenvalue weighted by Gasteiger charge is -2.27. The third-order valence-corrected chi connectivity index (χ3v) is 2.58. The fraction of sp³-hybridized carbons (Fsp3) is 0.917. The summed E-state index contributed by atoms with van der Waals surface area (Å²) < 4.78 is 5.32. The van der Waals surface area contributed by atoms with E-state index in [4.69, 9.17) is 10.5 Å². The fourth-order valence-corrected chi connectivity index (χ4v) is 1.58. The minimum Gasteiger partial charge on any atom is -0.379 e. The van der Waals surface area contributed by atoms with Crippen LogP contribution in [0.25, 0.3) is 0 Å². The normalized spacial score (nSPS) is 14.7. The summed E-state index contributed by atoms with van der Waals surface area (Å²) in [6.45, 7) is 7.92. The Morgan fingerprint density at radius 1 is 1.41 bits per heavy atom. The molecule has 3 N–H and O–H groups in total. The van der Waals surface area contributed by atoms with Crippen molar-refractivity contribution in [1.82, 2.24) is 5.32 Å². The maximum Gasteiger partial charge on any atom is 0.220 e. The van der Waals surface area contributed by atoms with Crippen LogP contribution >= 0.6 is 12.4 Å². The first-order chi connectivity index (χ1) is 7.26. The van der Waals surface area contributed by atoms with Gasteiger partial charge in [0.1, 0.15) is 0 Å². The molecule has 0 spiro atoms. The van der Waals surface area contributed by atoms with Crippen molar-refractivity contribution in [3.05, 3.63) is 0 Å². The van der Waals surface area contributed by atoms with Crippen molar-refractivity contribution >= 4 is 18.3 Å². The third-order valence-electron chi connectivity index (χ3n) is 2.58. The molecule has 0 saturated heterocycles. The van der Waals surface area contributed by atoms with E-state index in [0.717, 1.165) is 12.8 Å². The highest BCUT2D eigenvalue weighted by atomic mass is 35.5. The van der Waals surface area contributed by atoms with Crippen molar-refractivity contribution < 1.29 is 9.53 Å². The van der Waals surface area contributed by atoms with E-state index in [0.29, 0.717) is 6.42 Å². The minimum absolute atomic E-state index is 0. The monoisotopic (exact) mass is 266 g/mol. The van der Waals surface area contributed by atoms with Crippen molar-refractivity contribution in [2.24, 2.45) is 5.73 Å². The van der Waals surface area contributed by atoms with Crippen LogP contribution in [0.15, 0.2) is 0 Å². The molecule has 104 valence electrons. The minimum atomic E-state index is -0.201. The van der Waals surface area contributed by atoms with Crippen molar-refractivity contribution in [2.75, 3.05) is 7.11 Å². The summed E-state index contributed by atoms with van der Waals surface area (Å²) in [6.07, 6.45) is 2.02. The Kier molecular flexibility index (Phi) is 9.77. The van der Waals surface area contributed by atoms with Crippen LogP contribution in [0.1, 0.15) is 47.0 Å². The number of methoxy groups -OCH3 is 1. The summed E-state index contributed by atoms with van der Waals surface area (Å²) in [6, 6.07) is 0.201. The predicted molar refractivity (Wildman–Crippen MR) is 73.4 cm³/mol. The van der Waals surface area contributed by atoms with Gasteiger partial charge in [0.05, 0.1) is 5.60 Å². The van der Waals surface area contributed by atoms with Crippen molar-refractivity contribution in [2.45, 2.75) is 64.6 Å². The van der Waals surface area contributed by atoms with E-state index in [2.05, 4.69) is 5.32 Å². The fourth-order valence-electron chi connectivity index (χ4n) is 1.58. The van der Waals surface area contributed by atoms with E-state index in [9.17, 15) is 4.79 Å². The molecule has 0 rings (SSSR count). The number of hydrogen-bond acceptors (Lipinski definition) is 3. The van der Waals surface area contributed by atoms with Crippen LogP contribution in [0.4, 0.5) is 0 Å². The molecule has 0 fully saturated rings. The number of carbonyl (C=O) groups excluding carboxylic acids is 1. The molecule has 2 atom stereocenters. The Morgan fingerprint density at radius 3 is 2.35 bits per heavy atom. The summed E-state index contributed by atoms with van der Waals surface area (Å²) in [7, 11) is 1.69. The molecule has 5 heteroatoms. The van der Waals surface area contributed by atoms with Crippen molar-refractivity contribution in [3.8, 4) is 0 Å². The highest BCUT2D eigenvalue weighted by Gasteiger charge is 2.21. The molecule has 0 aliphatic carbocycles. The number of amides is 1. The Balaban J connectivity index is 0. The first kappa shape index (κ1) is 19.0. The molecule has 0 aliphatic heterocycles. The van der Waals surface area contributed by atoms with Gasteiger partial charge in [0.25, 0.3) is 0 Å². The molecule has 4 nitrogen and oxygen atoms in total. The molecule has 0 aromatic carbocycles. The smallest absolute Gasteiger partial charge is 0.220 e. The second-order valence-electron chi connectivity index (χ2n) is 5.15. The van der Waals surface area contributed by atoms with Gasteiger partial charge in [-0.3, -0.25) is 4.79 Å². The molecule has 0 aliphatic rings. The van der Waals surface area contributed by atoms with Crippen LogP contribution in [0, 0.1) is 0 Å². The number of nitrogens with one attached hydrogen (secondary N) is 1. The summed E-state index contributed by atoms with van der Waals surface area (Å²) in [4.78, 5) is 11.5. The summed E-state index contributed by atoms with van der Waals surface area (Å²) >= 11 is 0. The SMILES string of the molecule is COC(C)(C)CC(C)NC(=O)CCC(C)N.Cl. The van der Waals surface area contributed by atoms with Crippen LogP contribution < -0.4 is 11.1 Å².